The van der Waals surface area contributed by atoms with Gasteiger partial charge < -0.3 is 14.0 Å². The summed E-state index contributed by atoms with van der Waals surface area (Å²) >= 11 is 0. The molecule has 0 aromatic carbocycles. The van der Waals surface area contributed by atoms with Gasteiger partial charge in [0.25, 0.3) is 0 Å². The van der Waals surface area contributed by atoms with E-state index in [9.17, 15) is 14.4 Å². The summed E-state index contributed by atoms with van der Waals surface area (Å²) in [6.07, 6.45) is 3.24. The average molecular weight is 277 g/mol. The Bertz CT molecular complexity index is 624. The Morgan fingerprint density at radius 1 is 1.20 bits per heavy atom. The maximum atomic E-state index is 12.0. The van der Waals surface area contributed by atoms with Crippen LogP contribution in [0, 0.1) is 0 Å². The van der Waals surface area contributed by atoms with E-state index in [-0.39, 0.29) is 11.1 Å². The molecule has 0 amide bonds. The molecule has 0 unspecified atom stereocenters. The van der Waals surface area contributed by atoms with Crippen LogP contribution in [0.3, 0.4) is 0 Å². The Kier molecular flexibility index (Phi) is 3.74. The van der Waals surface area contributed by atoms with Crippen molar-refractivity contribution in [1.82, 2.24) is 4.57 Å². The first-order chi connectivity index (χ1) is 9.54. The number of esters is 2. The molecule has 1 aromatic heterocycles. The normalized spacial score (nSPS) is 13.8. The molecule has 6 heteroatoms. The van der Waals surface area contributed by atoms with E-state index >= 15 is 0 Å². The Morgan fingerprint density at radius 3 is 2.40 bits per heavy atom. The van der Waals surface area contributed by atoms with Gasteiger partial charge in [0, 0.05) is 30.1 Å². The molecule has 20 heavy (non-hydrogen) atoms. The summed E-state index contributed by atoms with van der Waals surface area (Å²) in [5, 5.41) is 0. The van der Waals surface area contributed by atoms with Crippen LogP contribution >= 0.6 is 0 Å². The lowest BCUT2D eigenvalue weighted by Gasteiger charge is -2.19. The quantitative estimate of drug-likeness (QED) is 0.605. The van der Waals surface area contributed by atoms with Crippen LogP contribution < -0.4 is 0 Å². The van der Waals surface area contributed by atoms with Crippen LogP contribution in [0.4, 0.5) is 0 Å². The van der Waals surface area contributed by atoms with Crippen LogP contribution in [0.5, 0.6) is 0 Å². The van der Waals surface area contributed by atoms with Crippen LogP contribution in [0.25, 0.3) is 5.57 Å². The minimum Gasteiger partial charge on any atom is -0.466 e. The molecule has 0 aliphatic heterocycles. The molecule has 1 aliphatic carbocycles. The molecule has 1 aliphatic rings. The zero-order valence-corrected chi connectivity index (χ0v) is 11.6. The monoisotopic (exact) mass is 277 g/mol. The third kappa shape index (κ3) is 2.03. The summed E-state index contributed by atoms with van der Waals surface area (Å²) in [6.45, 7) is 0. The fraction of sp³-hybridized carbons (Fsp3) is 0.357. The maximum absolute atomic E-state index is 12.0. The second-order valence-electron chi connectivity index (χ2n) is 4.47. The number of aromatic nitrogens is 1. The number of rotatable bonds is 3. The topological polar surface area (TPSA) is 74.6 Å². The van der Waals surface area contributed by atoms with E-state index in [1.165, 1.54) is 14.2 Å². The van der Waals surface area contributed by atoms with Gasteiger partial charge in [0.2, 0.25) is 0 Å². The second-order valence-corrected chi connectivity index (χ2v) is 4.47. The van der Waals surface area contributed by atoms with E-state index in [4.69, 9.17) is 9.47 Å². The SMILES string of the molecule is COC(=O)C1=C(C(=O)OC)c2c(C=O)cn(C)c2CC1. The summed E-state index contributed by atoms with van der Waals surface area (Å²) in [5.41, 5.74) is 2.05. The van der Waals surface area contributed by atoms with E-state index in [1.54, 1.807) is 17.8 Å². The lowest BCUT2D eigenvalue weighted by Crippen LogP contribution is -2.20. The van der Waals surface area contributed by atoms with Crippen molar-refractivity contribution in [3.63, 3.8) is 0 Å². The predicted octanol–water partition coefficient (Wildman–Crippen LogP) is 0.883. The minimum absolute atomic E-state index is 0.128. The fourth-order valence-electron chi connectivity index (χ4n) is 2.55. The number of hydrogen-bond donors (Lipinski definition) is 0. The van der Waals surface area contributed by atoms with Gasteiger partial charge in [-0.1, -0.05) is 0 Å². The summed E-state index contributed by atoms with van der Waals surface area (Å²) in [5.74, 6) is -1.21. The van der Waals surface area contributed by atoms with Crippen molar-refractivity contribution in [2.24, 2.45) is 7.05 Å². The van der Waals surface area contributed by atoms with Crippen molar-refractivity contribution in [2.45, 2.75) is 12.8 Å². The van der Waals surface area contributed by atoms with Crippen molar-refractivity contribution < 1.29 is 23.9 Å². The molecule has 1 aromatic rings. The summed E-state index contributed by atoms with van der Waals surface area (Å²) in [4.78, 5) is 35.0. The van der Waals surface area contributed by atoms with Gasteiger partial charge in [-0.05, 0) is 12.8 Å². The molecule has 106 valence electrons. The highest BCUT2D eigenvalue weighted by atomic mass is 16.5. The molecule has 0 radical (unpaired) electrons. The van der Waals surface area contributed by atoms with E-state index < -0.39 is 11.9 Å². The molecular formula is C14H15NO5. The highest BCUT2D eigenvalue weighted by Crippen LogP contribution is 2.35. The van der Waals surface area contributed by atoms with Crippen LogP contribution in [0.2, 0.25) is 0 Å². The first-order valence-electron chi connectivity index (χ1n) is 6.08. The summed E-state index contributed by atoms with van der Waals surface area (Å²) < 4.78 is 11.2. The van der Waals surface area contributed by atoms with Gasteiger partial charge in [-0.3, -0.25) is 4.79 Å². The number of carbonyl (C=O) groups is 3. The smallest absolute Gasteiger partial charge is 0.339 e. The van der Waals surface area contributed by atoms with Gasteiger partial charge >= 0.3 is 11.9 Å². The molecule has 0 spiro atoms. The van der Waals surface area contributed by atoms with Gasteiger partial charge in [-0.15, -0.1) is 0 Å². The summed E-state index contributed by atoms with van der Waals surface area (Å²) in [7, 11) is 4.29. The minimum atomic E-state index is -0.638. The van der Waals surface area contributed by atoms with Gasteiger partial charge in [0.05, 0.1) is 25.4 Å². The predicted molar refractivity (Wildman–Crippen MR) is 70.1 cm³/mol. The zero-order valence-electron chi connectivity index (χ0n) is 11.6. The number of nitrogens with zero attached hydrogens (tertiary/aromatic N) is 1. The molecule has 2 rings (SSSR count). The highest BCUT2D eigenvalue weighted by Gasteiger charge is 2.33. The number of aryl methyl sites for hydroxylation is 1. The Labute approximate surface area is 116 Å². The number of methoxy groups -OCH3 is 2. The molecule has 1 heterocycles. The van der Waals surface area contributed by atoms with E-state index in [0.29, 0.717) is 30.3 Å². The van der Waals surface area contributed by atoms with Crippen molar-refractivity contribution in [1.29, 1.82) is 0 Å². The van der Waals surface area contributed by atoms with Crippen molar-refractivity contribution in [3.8, 4) is 0 Å². The second kappa shape index (κ2) is 5.32. The van der Waals surface area contributed by atoms with E-state index in [2.05, 4.69) is 0 Å². The van der Waals surface area contributed by atoms with Gasteiger partial charge in [0.15, 0.2) is 6.29 Å². The highest BCUT2D eigenvalue weighted by molar-refractivity contribution is 6.25. The average Bonchev–Trinajstić information content (AvgIpc) is 2.81. The molecule has 0 fully saturated rings. The molecular weight excluding hydrogens is 262 g/mol. The summed E-state index contributed by atoms with van der Waals surface area (Å²) in [6, 6.07) is 0. The van der Waals surface area contributed by atoms with E-state index in [1.807, 2.05) is 0 Å². The van der Waals surface area contributed by atoms with Crippen molar-refractivity contribution in [2.75, 3.05) is 14.2 Å². The van der Waals surface area contributed by atoms with Crippen LogP contribution in [0.1, 0.15) is 28.0 Å². The van der Waals surface area contributed by atoms with Crippen LogP contribution in [0.15, 0.2) is 11.8 Å². The number of aldehydes is 1. The largest absolute Gasteiger partial charge is 0.466 e. The molecule has 0 saturated carbocycles. The first-order valence-corrected chi connectivity index (χ1v) is 6.08. The van der Waals surface area contributed by atoms with E-state index in [0.717, 1.165) is 5.69 Å². The number of hydrogen-bond acceptors (Lipinski definition) is 5. The molecule has 0 atom stereocenters. The molecule has 6 nitrogen and oxygen atoms in total. The maximum Gasteiger partial charge on any atom is 0.339 e. The lowest BCUT2D eigenvalue weighted by molar-refractivity contribution is -0.138. The van der Waals surface area contributed by atoms with Crippen LogP contribution in [-0.2, 0) is 32.5 Å². The zero-order chi connectivity index (χ0) is 14.9. The van der Waals surface area contributed by atoms with Gasteiger partial charge in [-0.2, -0.15) is 0 Å². The third-order valence-electron chi connectivity index (χ3n) is 3.45. The standard InChI is InChI=1S/C14H15NO5/c1-15-6-8(7-16)11-10(15)5-4-9(13(17)19-2)12(11)14(18)20-3/h6-7H,4-5H2,1-3H3. The molecule has 0 N–H and O–H groups in total. The Hall–Kier alpha value is -2.37. The number of fused-ring (bicyclic) bond motifs is 1. The third-order valence-corrected chi connectivity index (χ3v) is 3.45. The Morgan fingerprint density at radius 2 is 1.85 bits per heavy atom. The molecule has 0 saturated heterocycles. The van der Waals surface area contributed by atoms with Gasteiger partial charge in [-0.25, -0.2) is 9.59 Å². The number of carbonyl (C=O) groups excluding carboxylic acids is 3. The first kappa shape index (κ1) is 14.0. The molecule has 0 bridgehead atoms. The Balaban J connectivity index is 2.74. The van der Waals surface area contributed by atoms with Gasteiger partial charge in [0.1, 0.15) is 0 Å². The number of ether oxygens (including phenoxy) is 2. The van der Waals surface area contributed by atoms with Crippen LogP contribution in [-0.4, -0.2) is 37.0 Å². The van der Waals surface area contributed by atoms with Crippen molar-refractivity contribution in [3.05, 3.63) is 28.6 Å². The fourth-order valence-corrected chi connectivity index (χ4v) is 2.55. The van der Waals surface area contributed by atoms with Crippen molar-refractivity contribution >= 4 is 23.8 Å². The lowest BCUT2D eigenvalue weighted by atomic mass is 9.87.